The second-order valence-electron chi connectivity index (χ2n) is 6.29. The minimum atomic E-state index is -0.585. The van der Waals surface area contributed by atoms with E-state index in [1.54, 1.807) is 41.6 Å². The number of amides is 3. The van der Waals surface area contributed by atoms with E-state index in [-0.39, 0.29) is 5.91 Å². The molecule has 0 aliphatic carbocycles. The number of rotatable bonds is 6. The quantitative estimate of drug-likeness (QED) is 0.799. The number of urea groups is 1. The number of carbonyl (C=O) groups excluding carboxylic acids is 2. The van der Waals surface area contributed by atoms with Gasteiger partial charge in [0, 0.05) is 24.5 Å². The molecule has 1 fully saturated rings. The lowest BCUT2D eigenvalue weighted by molar-refractivity contribution is -0.121. The van der Waals surface area contributed by atoms with Crippen molar-refractivity contribution in [3.8, 4) is 11.5 Å². The Labute approximate surface area is 163 Å². The van der Waals surface area contributed by atoms with E-state index in [1.165, 1.54) is 7.11 Å². The van der Waals surface area contributed by atoms with Gasteiger partial charge in [-0.15, -0.1) is 0 Å². The van der Waals surface area contributed by atoms with Gasteiger partial charge in [0.15, 0.2) is 11.5 Å². The number of nitrogens with zero attached hydrogens (tertiary/aromatic N) is 2. The average molecular weight is 384 g/mol. The third kappa shape index (κ3) is 4.51. The lowest BCUT2D eigenvalue weighted by Gasteiger charge is -2.32. The summed E-state index contributed by atoms with van der Waals surface area (Å²) < 4.78 is 10.8. The van der Waals surface area contributed by atoms with Crippen LogP contribution >= 0.6 is 0 Å². The third-order valence-corrected chi connectivity index (χ3v) is 4.42. The van der Waals surface area contributed by atoms with Crippen LogP contribution in [-0.2, 0) is 4.79 Å². The molecule has 2 N–H and O–H groups in total. The monoisotopic (exact) mass is 384 g/mol. The molecule has 1 aromatic heterocycles. The van der Waals surface area contributed by atoms with Gasteiger partial charge < -0.3 is 25.0 Å². The molecule has 8 heteroatoms. The number of methoxy groups -OCH3 is 1. The normalized spacial score (nSPS) is 16.4. The lowest BCUT2D eigenvalue weighted by atomic mass is 10.0. The highest BCUT2D eigenvalue weighted by atomic mass is 16.5. The van der Waals surface area contributed by atoms with E-state index in [0.717, 1.165) is 12.1 Å². The second-order valence-corrected chi connectivity index (χ2v) is 6.29. The maximum Gasteiger partial charge on any atom is 0.319 e. The van der Waals surface area contributed by atoms with Crippen molar-refractivity contribution in [3.63, 3.8) is 0 Å². The number of pyridine rings is 1. The van der Waals surface area contributed by atoms with E-state index in [0.29, 0.717) is 36.8 Å². The Kier molecular flexibility index (Phi) is 6.31. The zero-order chi connectivity index (χ0) is 19.9. The first kappa shape index (κ1) is 19.5. The summed E-state index contributed by atoms with van der Waals surface area (Å²) in [5, 5.41) is 5.50. The summed E-state index contributed by atoms with van der Waals surface area (Å²) in [5.74, 6) is 0.986. The fourth-order valence-electron chi connectivity index (χ4n) is 3.12. The largest absolute Gasteiger partial charge is 0.493 e. The molecule has 3 amide bonds. The van der Waals surface area contributed by atoms with Crippen LogP contribution in [0.2, 0.25) is 0 Å². The Morgan fingerprint density at radius 1 is 1.32 bits per heavy atom. The number of nitrogens with one attached hydrogen (secondary N) is 2. The van der Waals surface area contributed by atoms with Crippen LogP contribution in [0.3, 0.4) is 0 Å². The first-order valence-electron chi connectivity index (χ1n) is 9.22. The highest BCUT2D eigenvalue weighted by Gasteiger charge is 2.30. The molecule has 0 spiro atoms. The van der Waals surface area contributed by atoms with Gasteiger partial charge >= 0.3 is 6.03 Å². The van der Waals surface area contributed by atoms with Crippen molar-refractivity contribution in [1.29, 1.82) is 0 Å². The minimum absolute atomic E-state index is 0.140. The first-order valence-corrected chi connectivity index (χ1v) is 9.22. The molecule has 3 rings (SSSR count). The van der Waals surface area contributed by atoms with E-state index < -0.39 is 12.1 Å². The van der Waals surface area contributed by atoms with Crippen LogP contribution in [0.4, 0.5) is 16.2 Å². The highest BCUT2D eigenvalue weighted by molar-refractivity contribution is 6.01. The van der Waals surface area contributed by atoms with Crippen molar-refractivity contribution < 1.29 is 19.1 Å². The van der Waals surface area contributed by atoms with Crippen molar-refractivity contribution >= 4 is 23.3 Å². The number of ether oxygens (including phenoxy) is 2. The molecule has 28 heavy (non-hydrogen) atoms. The molecular weight excluding hydrogens is 360 g/mol. The molecular formula is C20H24N4O4. The summed E-state index contributed by atoms with van der Waals surface area (Å²) in [5.41, 5.74) is 1.28. The summed E-state index contributed by atoms with van der Waals surface area (Å²) in [6.07, 6.45) is 4.69. The number of hydrogen-bond acceptors (Lipinski definition) is 5. The smallest absolute Gasteiger partial charge is 0.319 e. The fraction of sp³-hybridized carbons (Fsp3) is 0.350. The highest BCUT2D eigenvalue weighted by Crippen LogP contribution is 2.30. The van der Waals surface area contributed by atoms with Gasteiger partial charge in [0.25, 0.3) is 0 Å². The molecule has 1 aliphatic heterocycles. The van der Waals surface area contributed by atoms with Gasteiger partial charge in [-0.1, -0.05) is 0 Å². The predicted octanol–water partition coefficient (Wildman–Crippen LogP) is 2.81. The zero-order valence-electron chi connectivity index (χ0n) is 16.0. The van der Waals surface area contributed by atoms with Gasteiger partial charge in [-0.3, -0.25) is 9.78 Å². The fourth-order valence-corrected chi connectivity index (χ4v) is 3.12. The number of aromatic nitrogens is 1. The summed E-state index contributed by atoms with van der Waals surface area (Å²) >= 11 is 0. The van der Waals surface area contributed by atoms with E-state index >= 15 is 0 Å². The van der Waals surface area contributed by atoms with Crippen molar-refractivity contribution in [3.05, 3.63) is 42.7 Å². The van der Waals surface area contributed by atoms with Gasteiger partial charge in [-0.25, -0.2) is 4.79 Å². The minimum Gasteiger partial charge on any atom is -0.493 e. The van der Waals surface area contributed by atoms with E-state index in [1.807, 2.05) is 13.0 Å². The molecule has 0 radical (unpaired) electrons. The molecule has 1 aliphatic rings. The van der Waals surface area contributed by atoms with E-state index in [2.05, 4.69) is 15.6 Å². The maximum atomic E-state index is 12.8. The number of carbonyl (C=O) groups is 2. The third-order valence-electron chi connectivity index (χ3n) is 4.42. The molecule has 1 aromatic carbocycles. The molecule has 1 atom stereocenters. The Hall–Kier alpha value is -3.29. The summed E-state index contributed by atoms with van der Waals surface area (Å²) in [4.78, 5) is 30.9. The van der Waals surface area contributed by atoms with Crippen LogP contribution in [0.5, 0.6) is 11.5 Å². The second kappa shape index (κ2) is 9.07. The van der Waals surface area contributed by atoms with Crippen LogP contribution in [0, 0.1) is 0 Å². The SMILES string of the molecule is CCOc1ccc(NC(=O)NC2CCCN(c3cccnc3)C2=O)cc1OC. The number of anilines is 2. The number of benzene rings is 1. The van der Waals surface area contributed by atoms with E-state index in [4.69, 9.17) is 9.47 Å². The Balaban J connectivity index is 1.63. The van der Waals surface area contributed by atoms with Crippen LogP contribution in [-0.4, -0.2) is 43.2 Å². The lowest BCUT2D eigenvalue weighted by Crippen LogP contribution is -2.53. The standard InChI is InChI=1S/C20H24N4O4/c1-3-28-17-9-8-14(12-18(17)27-2)22-20(26)23-16-7-5-11-24(19(16)25)15-6-4-10-21-13-15/h4,6,8-10,12-13,16H,3,5,7,11H2,1-2H3,(H2,22,23,26). The van der Waals surface area contributed by atoms with Crippen LogP contribution in [0.25, 0.3) is 0 Å². The first-order chi connectivity index (χ1) is 13.6. The Morgan fingerprint density at radius 3 is 2.89 bits per heavy atom. The van der Waals surface area contributed by atoms with Gasteiger partial charge in [0.05, 0.1) is 25.6 Å². The van der Waals surface area contributed by atoms with Gasteiger partial charge in [-0.05, 0) is 44.0 Å². The van der Waals surface area contributed by atoms with Crippen LogP contribution < -0.4 is 25.0 Å². The van der Waals surface area contributed by atoms with Crippen molar-refractivity contribution in [2.24, 2.45) is 0 Å². The molecule has 1 unspecified atom stereocenters. The molecule has 0 bridgehead atoms. The predicted molar refractivity (Wildman–Crippen MR) is 106 cm³/mol. The van der Waals surface area contributed by atoms with Crippen molar-refractivity contribution in [1.82, 2.24) is 10.3 Å². The molecule has 8 nitrogen and oxygen atoms in total. The van der Waals surface area contributed by atoms with Gasteiger partial charge in [-0.2, -0.15) is 0 Å². The van der Waals surface area contributed by atoms with Gasteiger partial charge in [0.1, 0.15) is 6.04 Å². The molecule has 2 heterocycles. The topological polar surface area (TPSA) is 92.8 Å². The maximum absolute atomic E-state index is 12.8. The Morgan fingerprint density at radius 2 is 2.18 bits per heavy atom. The number of hydrogen-bond donors (Lipinski definition) is 2. The molecule has 1 saturated heterocycles. The zero-order valence-corrected chi connectivity index (χ0v) is 16.0. The summed E-state index contributed by atoms with van der Waals surface area (Å²) in [6, 6.07) is 7.71. The van der Waals surface area contributed by atoms with Crippen LogP contribution in [0.1, 0.15) is 19.8 Å². The van der Waals surface area contributed by atoms with Crippen LogP contribution in [0.15, 0.2) is 42.7 Å². The molecule has 0 saturated carbocycles. The average Bonchev–Trinajstić information content (AvgIpc) is 2.71. The van der Waals surface area contributed by atoms with Crippen molar-refractivity contribution in [2.75, 3.05) is 30.5 Å². The van der Waals surface area contributed by atoms with Crippen molar-refractivity contribution in [2.45, 2.75) is 25.8 Å². The Bertz CT molecular complexity index is 828. The van der Waals surface area contributed by atoms with Gasteiger partial charge in [0.2, 0.25) is 5.91 Å². The molecule has 2 aromatic rings. The summed E-state index contributed by atoms with van der Waals surface area (Å²) in [7, 11) is 1.54. The summed E-state index contributed by atoms with van der Waals surface area (Å²) in [6.45, 7) is 3.01. The molecule has 148 valence electrons. The van der Waals surface area contributed by atoms with E-state index in [9.17, 15) is 9.59 Å². The number of piperidine rings is 1.